The molecule has 2 atom stereocenters. The zero-order valence-electron chi connectivity index (χ0n) is 14.9. The van der Waals surface area contributed by atoms with Gasteiger partial charge in [0, 0.05) is 0 Å². The van der Waals surface area contributed by atoms with Gasteiger partial charge in [0.15, 0.2) is 0 Å². The molecule has 0 radical (unpaired) electrons. The van der Waals surface area contributed by atoms with Crippen LogP contribution in [-0.2, 0) is 9.47 Å². The maximum Gasteiger partial charge on any atom is 0.113 e. The van der Waals surface area contributed by atoms with Crippen LogP contribution in [-0.4, -0.2) is 36.6 Å². The number of ether oxygens (including phenoxy) is 2. The largest absolute Gasteiger partial charge is 0.361 e. The van der Waals surface area contributed by atoms with Gasteiger partial charge in [0.25, 0.3) is 0 Å². The van der Waals surface area contributed by atoms with Crippen molar-refractivity contribution in [1.82, 2.24) is 4.90 Å². The molecule has 0 spiro atoms. The van der Waals surface area contributed by atoms with Crippen molar-refractivity contribution in [2.45, 2.75) is 109 Å². The molecule has 0 aromatic rings. The number of hydrogen-bond donors (Lipinski definition) is 0. The van der Waals surface area contributed by atoms with Crippen molar-refractivity contribution in [1.29, 1.82) is 0 Å². The smallest absolute Gasteiger partial charge is 0.113 e. The summed E-state index contributed by atoms with van der Waals surface area (Å²) in [7, 11) is 0. The molecule has 3 nitrogen and oxygen atoms in total. The van der Waals surface area contributed by atoms with Crippen molar-refractivity contribution in [3.05, 3.63) is 0 Å². The molecule has 0 aliphatic carbocycles. The van der Waals surface area contributed by atoms with Crippen molar-refractivity contribution >= 4 is 0 Å². The highest BCUT2D eigenvalue weighted by Gasteiger charge is 2.43. The summed E-state index contributed by atoms with van der Waals surface area (Å²) >= 11 is 0. The minimum Gasteiger partial charge on any atom is -0.361 e. The Kier molecular flexibility index (Phi) is 8.79. The first-order valence-electron chi connectivity index (χ1n) is 9.87. The summed E-state index contributed by atoms with van der Waals surface area (Å²) in [5, 5.41) is 0. The molecular weight excluding hydrogens is 274 g/mol. The third kappa shape index (κ3) is 5.50. The lowest BCUT2D eigenvalue weighted by Gasteiger charge is -2.27. The zero-order valence-corrected chi connectivity index (χ0v) is 14.9. The van der Waals surface area contributed by atoms with Crippen LogP contribution < -0.4 is 0 Å². The third-order valence-electron chi connectivity index (χ3n) is 5.16. The molecule has 0 aromatic heterocycles. The molecule has 0 bridgehead atoms. The Morgan fingerprint density at radius 2 is 1.14 bits per heavy atom. The lowest BCUT2D eigenvalue weighted by molar-refractivity contribution is -0.0640. The van der Waals surface area contributed by atoms with Gasteiger partial charge in [-0.25, -0.2) is 4.90 Å². The van der Waals surface area contributed by atoms with Crippen LogP contribution in [0.25, 0.3) is 0 Å². The van der Waals surface area contributed by atoms with Crippen LogP contribution in [0.2, 0.25) is 0 Å². The second-order valence-electron chi connectivity index (χ2n) is 7.08. The molecule has 0 saturated carbocycles. The molecule has 3 heteroatoms. The van der Waals surface area contributed by atoms with Gasteiger partial charge >= 0.3 is 0 Å². The fraction of sp³-hybridized carbons (Fsp3) is 1.00. The molecular formula is C19H37NO2. The summed E-state index contributed by atoms with van der Waals surface area (Å²) in [5.41, 5.74) is 0. The topological polar surface area (TPSA) is 21.7 Å². The van der Waals surface area contributed by atoms with Crippen LogP contribution in [0.5, 0.6) is 0 Å². The monoisotopic (exact) mass is 311 g/mol. The minimum absolute atomic E-state index is 0.328. The van der Waals surface area contributed by atoms with E-state index in [1.54, 1.807) is 0 Å². The van der Waals surface area contributed by atoms with Gasteiger partial charge in [-0.2, -0.15) is 0 Å². The highest BCUT2D eigenvalue weighted by molar-refractivity contribution is 4.87. The minimum atomic E-state index is 0.328. The molecule has 2 rings (SSSR count). The van der Waals surface area contributed by atoms with Gasteiger partial charge in [-0.05, 0) is 25.7 Å². The van der Waals surface area contributed by atoms with Crippen LogP contribution >= 0.6 is 0 Å². The van der Waals surface area contributed by atoms with Gasteiger partial charge in [0.05, 0.1) is 19.3 Å². The second kappa shape index (κ2) is 10.6. The summed E-state index contributed by atoms with van der Waals surface area (Å²) in [4.78, 5) is 2.56. The normalized spacial score (nSPS) is 28.4. The first kappa shape index (κ1) is 18.2. The van der Waals surface area contributed by atoms with Gasteiger partial charge in [0.1, 0.15) is 12.5 Å². The van der Waals surface area contributed by atoms with E-state index >= 15 is 0 Å². The predicted molar refractivity (Wildman–Crippen MR) is 91.9 cm³/mol. The number of unbranched alkanes of at least 4 members (excludes halogenated alkanes) is 8. The van der Waals surface area contributed by atoms with E-state index in [1.165, 1.54) is 77.0 Å². The predicted octanol–water partition coefficient (Wildman–Crippen LogP) is 5.09. The van der Waals surface area contributed by atoms with Crippen LogP contribution in [0.4, 0.5) is 0 Å². The van der Waals surface area contributed by atoms with Gasteiger partial charge in [-0.3, -0.25) is 0 Å². The molecule has 2 aliphatic rings. The number of fused-ring (bicyclic) bond motifs is 1. The molecule has 22 heavy (non-hydrogen) atoms. The summed E-state index contributed by atoms with van der Waals surface area (Å²) in [6.07, 6.45) is 16.5. The third-order valence-corrected chi connectivity index (χ3v) is 5.16. The van der Waals surface area contributed by atoms with E-state index in [0.717, 1.165) is 13.2 Å². The van der Waals surface area contributed by atoms with E-state index in [1.807, 2.05) is 0 Å². The highest BCUT2D eigenvalue weighted by atomic mass is 16.6. The van der Waals surface area contributed by atoms with E-state index in [4.69, 9.17) is 9.47 Å². The quantitative estimate of drug-likeness (QED) is 0.469. The molecule has 2 aliphatic heterocycles. The average Bonchev–Trinajstić information content (AvgIpc) is 3.10. The summed E-state index contributed by atoms with van der Waals surface area (Å²) in [6.45, 7) is 6.31. The summed E-state index contributed by atoms with van der Waals surface area (Å²) < 4.78 is 12.1. The van der Waals surface area contributed by atoms with Crippen LogP contribution in [0.1, 0.15) is 90.9 Å². The van der Waals surface area contributed by atoms with Crippen molar-refractivity contribution in [2.75, 3.05) is 13.2 Å². The molecule has 0 N–H and O–H groups in total. The first-order chi connectivity index (χ1) is 10.9. The Hall–Kier alpha value is -0.120. The maximum atomic E-state index is 6.05. The van der Waals surface area contributed by atoms with E-state index in [0.29, 0.717) is 18.5 Å². The standard InChI is InChI=1S/C19H37NO2/c1-3-5-7-9-11-13-18-20-17(15-21-18)16-22-19(20)14-12-10-8-6-4-2/h17-19H,3-16H2,1-2H3. The Balaban J connectivity index is 1.65. The molecule has 2 saturated heterocycles. The molecule has 130 valence electrons. The Morgan fingerprint density at radius 3 is 1.59 bits per heavy atom. The van der Waals surface area contributed by atoms with Gasteiger partial charge in [0.2, 0.25) is 0 Å². The maximum absolute atomic E-state index is 6.05. The van der Waals surface area contributed by atoms with Gasteiger partial charge in [-0.15, -0.1) is 0 Å². The zero-order chi connectivity index (χ0) is 15.6. The molecule has 2 heterocycles. The summed E-state index contributed by atoms with van der Waals surface area (Å²) in [6, 6.07) is 0.529. The fourth-order valence-corrected chi connectivity index (χ4v) is 3.80. The van der Waals surface area contributed by atoms with E-state index < -0.39 is 0 Å². The Labute approximate surface area is 137 Å². The van der Waals surface area contributed by atoms with Crippen LogP contribution in [0.15, 0.2) is 0 Å². The van der Waals surface area contributed by atoms with E-state index in [-0.39, 0.29) is 0 Å². The molecule has 2 unspecified atom stereocenters. The number of hydrogen-bond acceptors (Lipinski definition) is 3. The van der Waals surface area contributed by atoms with Crippen molar-refractivity contribution in [3.8, 4) is 0 Å². The SMILES string of the molecule is CCCCCCCC1OCC2COC(CCCCCCC)N21. The fourth-order valence-electron chi connectivity index (χ4n) is 3.80. The Bertz CT molecular complexity index is 259. The lowest BCUT2D eigenvalue weighted by Crippen LogP contribution is -2.39. The van der Waals surface area contributed by atoms with Gasteiger partial charge in [-0.1, -0.05) is 65.2 Å². The molecule has 0 amide bonds. The van der Waals surface area contributed by atoms with Gasteiger partial charge < -0.3 is 9.47 Å². The van der Waals surface area contributed by atoms with Crippen LogP contribution in [0.3, 0.4) is 0 Å². The lowest BCUT2D eigenvalue weighted by atomic mass is 10.1. The van der Waals surface area contributed by atoms with Crippen molar-refractivity contribution in [3.63, 3.8) is 0 Å². The second-order valence-corrected chi connectivity index (χ2v) is 7.08. The number of rotatable bonds is 12. The van der Waals surface area contributed by atoms with Crippen molar-refractivity contribution < 1.29 is 9.47 Å². The highest BCUT2D eigenvalue weighted by Crippen LogP contribution is 2.32. The molecule has 0 aromatic carbocycles. The van der Waals surface area contributed by atoms with E-state index in [2.05, 4.69) is 18.7 Å². The summed E-state index contributed by atoms with van der Waals surface area (Å²) in [5.74, 6) is 0. The first-order valence-corrected chi connectivity index (χ1v) is 9.87. The molecule has 2 fully saturated rings. The number of nitrogens with zero attached hydrogens (tertiary/aromatic N) is 1. The van der Waals surface area contributed by atoms with Crippen LogP contribution in [0, 0.1) is 0 Å². The average molecular weight is 312 g/mol. The van der Waals surface area contributed by atoms with E-state index in [9.17, 15) is 0 Å². The van der Waals surface area contributed by atoms with Crippen molar-refractivity contribution in [2.24, 2.45) is 0 Å². The Morgan fingerprint density at radius 1 is 0.682 bits per heavy atom.